The smallest absolute Gasteiger partial charge is 0.327 e. The van der Waals surface area contributed by atoms with E-state index in [0.29, 0.717) is 21.5 Å². The minimum absolute atomic E-state index is 0.347. The molecule has 0 aromatic heterocycles. The Kier molecular flexibility index (Phi) is 5.88. The molecule has 1 saturated heterocycles. The van der Waals surface area contributed by atoms with Crippen molar-refractivity contribution in [1.82, 2.24) is 4.90 Å². The third kappa shape index (κ3) is 3.89. The Bertz CT molecular complexity index is 504. The summed E-state index contributed by atoms with van der Waals surface area (Å²) in [5.41, 5.74) is 0.664. The number of hydrogen-bond acceptors (Lipinski definition) is 4. The zero-order valence-electron chi connectivity index (χ0n) is 12.1. The minimum atomic E-state index is -0.568. The van der Waals surface area contributed by atoms with Gasteiger partial charge in [-0.25, -0.2) is 4.79 Å². The Hall–Kier alpha value is -0.810. The monoisotopic (exact) mass is 331 g/mol. The molecule has 4 nitrogen and oxygen atoms in total. The molecule has 2 atom stereocenters. The fourth-order valence-corrected chi connectivity index (χ4v) is 3.04. The standard InChI is InChI=1S/C15H19Cl2NO3/c1-18(8-10-6-7-21-9-10)14(15(19)20-2)11-4-3-5-12(16)13(11)17/h3-5,10,14H,6-9H2,1-2H3/t10-,14-/m0/s1. The molecular formula is C15H19Cl2NO3. The van der Waals surface area contributed by atoms with Crippen molar-refractivity contribution in [3.63, 3.8) is 0 Å². The van der Waals surface area contributed by atoms with Crippen molar-refractivity contribution in [2.75, 3.05) is 33.9 Å². The van der Waals surface area contributed by atoms with Gasteiger partial charge in [0.15, 0.2) is 0 Å². The number of benzene rings is 1. The Morgan fingerprint density at radius 2 is 2.29 bits per heavy atom. The summed E-state index contributed by atoms with van der Waals surface area (Å²) in [5, 5.41) is 0.824. The maximum atomic E-state index is 12.2. The molecule has 1 aliphatic heterocycles. The summed E-state index contributed by atoms with van der Waals surface area (Å²) in [7, 11) is 3.26. The molecular weight excluding hydrogens is 313 g/mol. The van der Waals surface area contributed by atoms with Gasteiger partial charge >= 0.3 is 5.97 Å². The molecule has 1 aliphatic rings. The van der Waals surface area contributed by atoms with Crippen LogP contribution < -0.4 is 0 Å². The van der Waals surface area contributed by atoms with Gasteiger partial charge < -0.3 is 9.47 Å². The molecule has 2 rings (SSSR count). The molecule has 0 aliphatic carbocycles. The van der Waals surface area contributed by atoms with Crippen LogP contribution in [0.2, 0.25) is 10.0 Å². The van der Waals surface area contributed by atoms with E-state index in [2.05, 4.69) is 0 Å². The molecule has 0 N–H and O–H groups in total. The fraction of sp³-hybridized carbons (Fsp3) is 0.533. The lowest BCUT2D eigenvalue weighted by atomic mass is 10.0. The normalized spacial score (nSPS) is 19.8. The van der Waals surface area contributed by atoms with E-state index in [1.165, 1.54) is 7.11 Å². The Morgan fingerprint density at radius 1 is 1.52 bits per heavy atom. The maximum Gasteiger partial charge on any atom is 0.327 e. The second-order valence-electron chi connectivity index (χ2n) is 5.24. The second-order valence-corrected chi connectivity index (χ2v) is 6.02. The molecule has 0 unspecified atom stereocenters. The first-order chi connectivity index (χ1) is 10.0. The Morgan fingerprint density at radius 3 is 2.90 bits per heavy atom. The summed E-state index contributed by atoms with van der Waals surface area (Å²) in [4.78, 5) is 14.1. The summed E-state index contributed by atoms with van der Waals surface area (Å²) >= 11 is 12.3. The van der Waals surface area contributed by atoms with Crippen LogP contribution in [0.4, 0.5) is 0 Å². The van der Waals surface area contributed by atoms with Crippen LogP contribution in [0.3, 0.4) is 0 Å². The van der Waals surface area contributed by atoms with Crippen molar-refractivity contribution in [3.8, 4) is 0 Å². The zero-order chi connectivity index (χ0) is 15.4. The van der Waals surface area contributed by atoms with Crippen molar-refractivity contribution < 1.29 is 14.3 Å². The van der Waals surface area contributed by atoms with E-state index in [4.69, 9.17) is 32.7 Å². The van der Waals surface area contributed by atoms with Gasteiger partial charge in [0.25, 0.3) is 0 Å². The molecule has 116 valence electrons. The lowest BCUT2D eigenvalue weighted by Crippen LogP contribution is -2.35. The highest BCUT2D eigenvalue weighted by atomic mass is 35.5. The van der Waals surface area contributed by atoms with Crippen LogP contribution in [-0.4, -0.2) is 44.8 Å². The number of carbonyl (C=O) groups is 1. The third-order valence-corrected chi connectivity index (χ3v) is 4.54. The topological polar surface area (TPSA) is 38.8 Å². The van der Waals surface area contributed by atoms with Crippen LogP contribution in [0, 0.1) is 5.92 Å². The molecule has 0 saturated carbocycles. The predicted molar refractivity (Wildman–Crippen MR) is 82.8 cm³/mol. The van der Waals surface area contributed by atoms with E-state index < -0.39 is 6.04 Å². The Labute approximate surface area is 134 Å². The van der Waals surface area contributed by atoms with E-state index in [0.717, 1.165) is 26.2 Å². The number of likely N-dealkylation sites (N-methyl/N-ethyl adjacent to an activating group) is 1. The molecule has 1 aromatic rings. The van der Waals surface area contributed by atoms with Crippen molar-refractivity contribution >= 4 is 29.2 Å². The SMILES string of the molecule is COC(=O)[C@H](c1cccc(Cl)c1Cl)N(C)C[C@@H]1CCOC1. The maximum absolute atomic E-state index is 12.2. The molecule has 0 radical (unpaired) electrons. The first-order valence-corrected chi connectivity index (χ1v) is 7.60. The lowest BCUT2D eigenvalue weighted by Gasteiger charge is -2.28. The van der Waals surface area contributed by atoms with Crippen LogP contribution in [0.15, 0.2) is 18.2 Å². The van der Waals surface area contributed by atoms with Gasteiger partial charge in [-0.15, -0.1) is 0 Å². The summed E-state index contributed by atoms with van der Waals surface area (Å²) in [6.07, 6.45) is 1.00. The number of methoxy groups -OCH3 is 1. The molecule has 21 heavy (non-hydrogen) atoms. The van der Waals surface area contributed by atoms with Crippen LogP contribution >= 0.6 is 23.2 Å². The fourth-order valence-electron chi connectivity index (χ4n) is 2.63. The highest BCUT2D eigenvalue weighted by molar-refractivity contribution is 6.42. The van der Waals surface area contributed by atoms with Gasteiger partial charge in [-0.1, -0.05) is 35.3 Å². The van der Waals surface area contributed by atoms with Gasteiger partial charge in [0.1, 0.15) is 6.04 Å². The molecule has 1 aromatic carbocycles. The number of ether oxygens (including phenoxy) is 2. The number of rotatable bonds is 5. The highest BCUT2D eigenvalue weighted by Gasteiger charge is 2.31. The average Bonchev–Trinajstić information content (AvgIpc) is 2.96. The predicted octanol–water partition coefficient (Wildman–Crippen LogP) is 3.18. The van der Waals surface area contributed by atoms with Gasteiger partial charge in [-0.05, 0) is 25.5 Å². The van der Waals surface area contributed by atoms with E-state index in [1.807, 2.05) is 11.9 Å². The molecule has 1 fully saturated rings. The van der Waals surface area contributed by atoms with Crippen molar-refractivity contribution in [2.24, 2.45) is 5.92 Å². The van der Waals surface area contributed by atoms with Crippen molar-refractivity contribution in [3.05, 3.63) is 33.8 Å². The van der Waals surface area contributed by atoms with Crippen LogP contribution in [-0.2, 0) is 14.3 Å². The van der Waals surface area contributed by atoms with Crippen molar-refractivity contribution in [2.45, 2.75) is 12.5 Å². The van der Waals surface area contributed by atoms with E-state index >= 15 is 0 Å². The van der Waals surface area contributed by atoms with Crippen molar-refractivity contribution in [1.29, 1.82) is 0 Å². The van der Waals surface area contributed by atoms with Crippen LogP contribution in [0.1, 0.15) is 18.0 Å². The third-order valence-electron chi connectivity index (χ3n) is 3.71. The molecule has 0 amide bonds. The number of carbonyl (C=O) groups excluding carboxylic acids is 1. The average molecular weight is 332 g/mol. The molecule has 1 heterocycles. The Balaban J connectivity index is 2.24. The quantitative estimate of drug-likeness (QED) is 0.777. The van der Waals surface area contributed by atoms with Crippen LogP contribution in [0.5, 0.6) is 0 Å². The van der Waals surface area contributed by atoms with Gasteiger partial charge in [0, 0.05) is 18.7 Å². The summed E-state index contributed by atoms with van der Waals surface area (Å²) in [5.74, 6) is 0.0701. The van der Waals surface area contributed by atoms with Gasteiger partial charge in [0.2, 0.25) is 0 Å². The molecule has 6 heteroatoms. The number of hydrogen-bond donors (Lipinski definition) is 0. The number of esters is 1. The number of halogens is 2. The highest BCUT2D eigenvalue weighted by Crippen LogP contribution is 2.33. The molecule has 0 bridgehead atoms. The van der Waals surface area contributed by atoms with Gasteiger partial charge in [-0.2, -0.15) is 0 Å². The lowest BCUT2D eigenvalue weighted by molar-refractivity contribution is -0.147. The minimum Gasteiger partial charge on any atom is -0.468 e. The summed E-state index contributed by atoms with van der Waals surface area (Å²) < 4.78 is 10.3. The summed E-state index contributed by atoms with van der Waals surface area (Å²) in [6, 6.07) is 4.72. The van der Waals surface area contributed by atoms with Gasteiger partial charge in [-0.3, -0.25) is 4.90 Å². The van der Waals surface area contributed by atoms with Crippen LogP contribution in [0.25, 0.3) is 0 Å². The number of nitrogens with zero attached hydrogens (tertiary/aromatic N) is 1. The first-order valence-electron chi connectivity index (χ1n) is 6.84. The van der Waals surface area contributed by atoms with Gasteiger partial charge in [0.05, 0.1) is 23.8 Å². The second kappa shape index (κ2) is 7.45. The summed E-state index contributed by atoms with van der Waals surface area (Å²) in [6.45, 7) is 2.24. The first kappa shape index (κ1) is 16.6. The largest absolute Gasteiger partial charge is 0.468 e. The zero-order valence-corrected chi connectivity index (χ0v) is 13.7. The molecule has 0 spiro atoms. The van der Waals surface area contributed by atoms with E-state index in [9.17, 15) is 4.79 Å². The van der Waals surface area contributed by atoms with E-state index in [-0.39, 0.29) is 5.97 Å². The van der Waals surface area contributed by atoms with E-state index in [1.54, 1.807) is 18.2 Å².